The normalized spacial score (nSPS) is 15.2. The standard InChI is InChI=1S/C18H24N4O3S/c1-21-16(8-10-19-21)9-11-20-26(24,25)17-7-5-6-15(14-17)18(23)22-12-3-2-4-13-22/h5-8,10,14,20H,2-4,9,11-13H2,1H3. The van der Waals surface area contributed by atoms with Gasteiger partial charge < -0.3 is 4.90 Å². The highest BCUT2D eigenvalue weighted by atomic mass is 32.2. The number of aryl methyl sites for hydroxylation is 1. The maximum absolute atomic E-state index is 12.6. The van der Waals surface area contributed by atoms with Crippen molar-refractivity contribution in [2.24, 2.45) is 7.05 Å². The second-order valence-electron chi connectivity index (χ2n) is 6.47. The summed E-state index contributed by atoms with van der Waals surface area (Å²) in [5.74, 6) is -0.100. The van der Waals surface area contributed by atoms with Crippen LogP contribution in [0.1, 0.15) is 35.3 Å². The molecule has 1 aromatic carbocycles. The number of carbonyl (C=O) groups excluding carboxylic acids is 1. The number of likely N-dealkylation sites (tertiary alicyclic amines) is 1. The van der Waals surface area contributed by atoms with E-state index in [9.17, 15) is 13.2 Å². The molecule has 1 aromatic heterocycles. The molecule has 0 saturated carbocycles. The van der Waals surface area contributed by atoms with E-state index in [0.29, 0.717) is 12.0 Å². The molecule has 0 radical (unpaired) electrons. The van der Waals surface area contributed by atoms with Gasteiger partial charge in [0.05, 0.1) is 4.90 Å². The van der Waals surface area contributed by atoms with Crippen LogP contribution < -0.4 is 4.72 Å². The highest BCUT2D eigenvalue weighted by molar-refractivity contribution is 7.89. The molecule has 8 heteroatoms. The van der Waals surface area contributed by atoms with Crippen molar-refractivity contribution in [2.45, 2.75) is 30.6 Å². The van der Waals surface area contributed by atoms with Crippen molar-refractivity contribution >= 4 is 15.9 Å². The molecule has 0 atom stereocenters. The molecule has 0 spiro atoms. The van der Waals surface area contributed by atoms with Crippen molar-refractivity contribution in [3.8, 4) is 0 Å². The first kappa shape index (κ1) is 18.6. The number of aromatic nitrogens is 2. The Labute approximate surface area is 154 Å². The summed E-state index contributed by atoms with van der Waals surface area (Å²) in [5.41, 5.74) is 1.36. The summed E-state index contributed by atoms with van der Waals surface area (Å²) in [6, 6.07) is 8.12. The van der Waals surface area contributed by atoms with Gasteiger partial charge in [-0.05, 0) is 43.5 Å². The van der Waals surface area contributed by atoms with Gasteiger partial charge >= 0.3 is 0 Å². The molecule has 2 aromatic rings. The minimum atomic E-state index is -3.66. The van der Waals surface area contributed by atoms with Crippen LogP contribution in [0.5, 0.6) is 0 Å². The van der Waals surface area contributed by atoms with Gasteiger partial charge in [0, 0.05) is 50.6 Å². The van der Waals surface area contributed by atoms with Crippen LogP contribution in [0.2, 0.25) is 0 Å². The Balaban J connectivity index is 1.67. The van der Waals surface area contributed by atoms with E-state index in [4.69, 9.17) is 0 Å². The molecule has 7 nitrogen and oxygen atoms in total. The lowest BCUT2D eigenvalue weighted by atomic mass is 10.1. The van der Waals surface area contributed by atoms with E-state index in [1.165, 1.54) is 12.1 Å². The fourth-order valence-electron chi connectivity index (χ4n) is 3.12. The van der Waals surface area contributed by atoms with E-state index in [1.807, 2.05) is 13.1 Å². The number of nitrogens with zero attached hydrogens (tertiary/aromatic N) is 3. The van der Waals surface area contributed by atoms with Crippen molar-refractivity contribution in [1.82, 2.24) is 19.4 Å². The summed E-state index contributed by atoms with van der Waals surface area (Å²) >= 11 is 0. The van der Waals surface area contributed by atoms with E-state index in [1.54, 1.807) is 27.9 Å². The summed E-state index contributed by atoms with van der Waals surface area (Å²) in [7, 11) is -1.84. The van der Waals surface area contributed by atoms with Crippen LogP contribution in [-0.2, 0) is 23.5 Å². The summed E-state index contributed by atoms with van der Waals surface area (Å²) in [6.45, 7) is 1.74. The number of benzene rings is 1. The van der Waals surface area contributed by atoms with Crippen LogP contribution >= 0.6 is 0 Å². The smallest absolute Gasteiger partial charge is 0.253 e. The van der Waals surface area contributed by atoms with Gasteiger partial charge in [-0.3, -0.25) is 9.48 Å². The van der Waals surface area contributed by atoms with Gasteiger partial charge in [0.25, 0.3) is 5.91 Å². The molecule has 26 heavy (non-hydrogen) atoms. The van der Waals surface area contributed by atoms with Crippen LogP contribution in [0, 0.1) is 0 Å². The first-order chi connectivity index (χ1) is 12.5. The number of sulfonamides is 1. The summed E-state index contributed by atoms with van der Waals surface area (Å²) < 4.78 is 29.4. The third-order valence-electron chi connectivity index (χ3n) is 4.63. The summed E-state index contributed by atoms with van der Waals surface area (Å²) in [6.07, 6.45) is 5.36. The van der Waals surface area contributed by atoms with Gasteiger partial charge in [-0.1, -0.05) is 6.07 Å². The van der Waals surface area contributed by atoms with E-state index in [-0.39, 0.29) is 17.3 Å². The van der Waals surface area contributed by atoms with Crippen LogP contribution in [0.4, 0.5) is 0 Å². The van der Waals surface area contributed by atoms with Crippen molar-refractivity contribution in [3.05, 3.63) is 47.8 Å². The fourth-order valence-corrected chi connectivity index (χ4v) is 4.20. The Hall–Kier alpha value is -2.19. The molecule has 1 fully saturated rings. The molecule has 1 saturated heterocycles. The predicted octanol–water partition coefficient (Wildman–Crippen LogP) is 1.57. The minimum absolute atomic E-state index is 0.100. The van der Waals surface area contributed by atoms with Crippen molar-refractivity contribution in [1.29, 1.82) is 0 Å². The molecule has 0 bridgehead atoms. The number of hydrogen-bond acceptors (Lipinski definition) is 4. The highest BCUT2D eigenvalue weighted by Gasteiger charge is 2.21. The number of hydrogen-bond donors (Lipinski definition) is 1. The summed E-state index contributed by atoms with van der Waals surface area (Å²) in [5, 5.41) is 4.06. The number of carbonyl (C=O) groups is 1. The molecule has 1 aliphatic rings. The molecule has 1 aliphatic heterocycles. The Morgan fingerprint density at radius 2 is 1.96 bits per heavy atom. The molecule has 140 valence electrons. The average Bonchev–Trinajstić information content (AvgIpc) is 3.07. The zero-order valence-electron chi connectivity index (χ0n) is 14.9. The topological polar surface area (TPSA) is 84.3 Å². The van der Waals surface area contributed by atoms with E-state index in [0.717, 1.165) is 38.0 Å². The van der Waals surface area contributed by atoms with Crippen LogP contribution in [0.15, 0.2) is 41.4 Å². The van der Waals surface area contributed by atoms with Gasteiger partial charge in [0.1, 0.15) is 0 Å². The number of nitrogens with one attached hydrogen (secondary N) is 1. The quantitative estimate of drug-likeness (QED) is 0.829. The first-order valence-electron chi connectivity index (χ1n) is 8.83. The monoisotopic (exact) mass is 376 g/mol. The highest BCUT2D eigenvalue weighted by Crippen LogP contribution is 2.16. The van der Waals surface area contributed by atoms with Gasteiger partial charge in [0.15, 0.2) is 0 Å². The Bertz CT molecular complexity index is 870. The minimum Gasteiger partial charge on any atom is -0.339 e. The first-order valence-corrected chi connectivity index (χ1v) is 10.3. The van der Waals surface area contributed by atoms with E-state index < -0.39 is 10.0 Å². The third-order valence-corrected chi connectivity index (χ3v) is 6.09. The maximum atomic E-state index is 12.6. The summed E-state index contributed by atoms with van der Waals surface area (Å²) in [4.78, 5) is 14.5. The Morgan fingerprint density at radius 3 is 2.65 bits per heavy atom. The lowest BCUT2D eigenvalue weighted by molar-refractivity contribution is 0.0724. The third kappa shape index (κ3) is 4.31. The van der Waals surface area contributed by atoms with E-state index >= 15 is 0 Å². The van der Waals surface area contributed by atoms with Crippen molar-refractivity contribution in [3.63, 3.8) is 0 Å². The maximum Gasteiger partial charge on any atom is 0.253 e. The Morgan fingerprint density at radius 1 is 1.19 bits per heavy atom. The van der Waals surface area contributed by atoms with Gasteiger partial charge in [-0.2, -0.15) is 5.10 Å². The molecule has 3 rings (SSSR count). The number of amides is 1. The fraction of sp³-hybridized carbons (Fsp3) is 0.444. The second kappa shape index (κ2) is 8.01. The van der Waals surface area contributed by atoms with Gasteiger partial charge in [-0.25, -0.2) is 13.1 Å². The average molecular weight is 376 g/mol. The van der Waals surface area contributed by atoms with E-state index in [2.05, 4.69) is 9.82 Å². The Kier molecular flexibility index (Phi) is 5.73. The number of piperidine rings is 1. The molecule has 0 unspecified atom stereocenters. The van der Waals surface area contributed by atoms with Crippen LogP contribution in [0.25, 0.3) is 0 Å². The van der Waals surface area contributed by atoms with Gasteiger partial charge in [-0.15, -0.1) is 0 Å². The zero-order chi connectivity index (χ0) is 18.6. The SMILES string of the molecule is Cn1nccc1CCNS(=O)(=O)c1cccc(C(=O)N2CCCCC2)c1. The second-order valence-corrected chi connectivity index (χ2v) is 8.24. The molecular weight excluding hydrogens is 352 g/mol. The van der Waals surface area contributed by atoms with Crippen molar-refractivity contribution in [2.75, 3.05) is 19.6 Å². The van der Waals surface area contributed by atoms with Gasteiger partial charge in [0.2, 0.25) is 10.0 Å². The largest absolute Gasteiger partial charge is 0.339 e. The molecule has 2 heterocycles. The van der Waals surface area contributed by atoms with Crippen LogP contribution in [-0.4, -0.2) is 48.6 Å². The van der Waals surface area contributed by atoms with Crippen molar-refractivity contribution < 1.29 is 13.2 Å². The number of rotatable bonds is 6. The molecule has 0 aliphatic carbocycles. The zero-order valence-corrected chi connectivity index (χ0v) is 15.7. The van der Waals surface area contributed by atoms with Crippen LogP contribution in [0.3, 0.4) is 0 Å². The lowest BCUT2D eigenvalue weighted by Crippen LogP contribution is -2.35. The lowest BCUT2D eigenvalue weighted by Gasteiger charge is -2.26. The molecule has 1 N–H and O–H groups in total. The predicted molar refractivity (Wildman–Crippen MR) is 98.3 cm³/mol. The molecule has 1 amide bonds. The molecular formula is C18H24N4O3S.